The molecule has 8 nitrogen and oxygen atoms in total. The van der Waals surface area contributed by atoms with Gasteiger partial charge in [0.25, 0.3) is 5.88 Å². The van der Waals surface area contributed by atoms with Crippen molar-refractivity contribution >= 4 is 22.4 Å². The zero-order valence-corrected chi connectivity index (χ0v) is 22.6. The molecule has 2 aliphatic heterocycles. The molecule has 0 atom stereocenters. The minimum atomic E-state index is 0.402. The van der Waals surface area contributed by atoms with Crippen LogP contribution in [0.3, 0.4) is 0 Å². The van der Waals surface area contributed by atoms with Gasteiger partial charge in [-0.1, -0.05) is 0 Å². The van der Waals surface area contributed by atoms with Crippen molar-refractivity contribution in [1.29, 1.82) is 0 Å². The highest BCUT2D eigenvalue weighted by Crippen LogP contribution is 2.38. The number of nitrogens with zero attached hydrogens (tertiary/aromatic N) is 5. The second kappa shape index (κ2) is 11.7. The van der Waals surface area contributed by atoms with Crippen molar-refractivity contribution < 1.29 is 9.47 Å². The number of aryl methyl sites for hydroxylation is 1. The van der Waals surface area contributed by atoms with E-state index in [0.29, 0.717) is 24.3 Å². The van der Waals surface area contributed by atoms with Gasteiger partial charge in [-0.3, -0.25) is 9.97 Å². The summed E-state index contributed by atoms with van der Waals surface area (Å²) in [6.45, 7) is 6.23. The highest BCUT2D eigenvalue weighted by Gasteiger charge is 2.25. The molecular weight excluding hydrogens is 476 g/mol. The van der Waals surface area contributed by atoms with Crippen LogP contribution in [-0.2, 0) is 12.8 Å². The fourth-order valence-corrected chi connectivity index (χ4v) is 6.23. The summed E-state index contributed by atoms with van der Waals surface area (Å²) in [5.74, 6) is 1.24. The number of hydrogen-bond donors (Lipinski definition) is 1. The fourth-order valence-electron chi connectivity index (χ4n) is 6.23. The van der Waals surface area contributed by atoms with Crippen LogP contribution in [0.1, 0.15) is 56.2 Å². The van der Waals surface area contributed by atoms with Gasteiger partial charge in [-0.25, -0.2) is 4.98 Å². The van der Waals surface area contributed by atoms with Crippen molar-refractivity contribution in [1.82, 2.24) is 19.9 Å². The first-order chi connectivity index (χ1) is 18.8. The van der Waals surface area contributed by atoms with E-state index in [0.717, 1.165) is 68.5 Å². The molecule has 3 aliphatic rings. The Morgan fingerprint density at radius 1 is 0.974 bits per heavy atom. The van der Waals surface area contributed by atoms with Gasteiger partial charge >= 0.3 is 0 Å². The highest BCUT2D eigenvalue weighted by molar-refractivity contribution is 5.91. The Kier molecular flexibility index (Phi) is 7.76. The lowest BCUT2D eigenvalue weighted by molar-refractivity contribution is 0.252. The Bertz CT molecular complexity index is 1220. The van der Waals surface area contributed by atoms with Crippen LogP contribution >= 0.6 is 0 Å². The Morgan fingerprint density at radius 2 is 1.76 bits per heavy atom. The van der Waals surface area contributed by atoms with Gasteiger partial charge in [-0.2, -0.15) is 0 Å². The van der Waals surface area contributed by atoms with E-state index in [9.17, 15) is 0 Å². The molecule has 202 valence electrons. The molecule has 3 aromatic heterocycles. The van der Waals surface area contributed by atoms with Gasteiger partial charge in [-0.15, -0.1) is 0 Å². The zero-order valence-electron chi connectivity index (χ0n) is 22.6. The lowest BCUT2D eigenvalue weighted by Gasteiger charge is -2.35. The highest BCUT2D eigenvalue weighted by atomic mass is 16.5. The molecule has 0 saturated carbocycles. The molecule has 2 fully saturated rings. The number of likely N-dealkylation sites (tertiary alicyclic amines) is 1. The van der Waals surface area contributed by atoms with Crippen molar-refractivity contribution in [2.45, 2.75) is 63.8 Å². The molecule has 0 bridgehead atoms. The average molecular weight is 517 g/mol. The molecule has 3 aromatic rings. The SMILES string of the molecule is COc1nc2c(NC3CCN(c4ccncc4)CC3)c3c(nc2cc1OCCCN1CCCC1)CCCC3. The van der Waals surface area contributed by atoms with Crippen LogP contribution in [0.25, 0.3) is 11.0 Å². The normalized spacial score (nSPS) is 18.5. The second-order valence-electron chi connectivity index (χ2n) is 10.8. The van der Waals surface area contributed by atoms with Crippen molar-refractivity contribution in [2.24, 2.45) is 0 Å². The number of fused-ring (bicyclic) bond motifs is 2. The third-order valence-corrected chi connectivity index (χ3v) is 8.31. The monoisotopic (exact) mass is 516 g/mol. The van der Waals surface area contributed by atoms with Gasteiger partial charge in [0.2, 0.25) is 0 Å². The van der Waals surface area contributed by atoms with Gasteiger partial charge in [0, 0.05) is 55.5 Å². The average Bonchev–Trinajstić information content (AvgIpc) is 3.49. The van der Waals surface area contributed by atoms with Gasteiger partial charge in [-0.05, 0) is 88.6 Å². The van der Waals surface area contributed by atoms with E-state index in [1.807, 2.05) is 18.5 Å². The quantitative estimate of drug-likeness (QED) is 0.404. The molecule has 5 heterocycles. The van der Waals surface area contributed by atoms with E-state index in [-0.39, 0.29) is 0 Å². The first kappa shape index (κ1) is 25.2. The minimum Gasteiger partial charge on any atom is -0.488 e. The number of hydrogen-bond acceptors (Lipinski definition) is 8. The van der Waals surface area contributed by atoms with E-state index >= 15 is 0 Å². The number of rotatable bonds is 9. The summed E-state index contributed by atoms with van der Waals surface area (Å²) >= 11 is 0. The van der Waals surface area contributed by atoms with Gasteiger partial charge < -0.3 is 24.6 Å². The number of pyridine rings is 3. The summed E-state index contributed by atoms with van der Waals surface area (Å²) in [4.78, 5) is 19.2. The van der Waals surface area contributed by atoms with Crippen LogP contribution in [0.5, 0.6) is 11.6 Å². The minimum absolute atomic E-state index is 0.402. The van der Waals surface area contributed by atoms with Crippen LogP contribution in [0.4, 0.5) is 11.4 Å². The number of methoxy groups -OCH3 is 1. The lowest BCUT2D eigenvalue weighted by Crippen LogP contribution is -2.39. The molecule has 1 N–H and O–H groups in total. The third kappa shape index (κ3) is 5.51. The van der Waals surface area contributed by atoms with Crippen molar-refractivity contribution in [3.05, 3.63) is 41.9 Å². The largest absolute Gasteiger partial charge is 0.488 e. The van der Waals surface area contributed by atoms with E-state index in [1.165, 1.54) is 55.7 Å². The van der Waals surface area contributed by atoms with Crippen molar-refractivity contribution in [3.8, 4) is 11.6 Å². The Balaban J connectivity index is 1.21. The van der Waals surface area contributed by atoms with Crippen LogP contribution < -0.4 is 19.7 Å². The lowest BCUT2D eigenvalue weighted by atomic mass is 9.93. The summed E-state index contributed by atoms with van der Waals surface area (Å²) in [5.41, 5.74) is 6.78. The van der Waals surface area contributed by atoms with Crippen LogP contribution in [-0.4, -0.2) is 72.3 Å². The molecular formula is C30H40N6O2. The summed E-state index contributed by atoms with van der Waals surface area (Å²) in [6, 6.07) is 6.65. The molecule has 0 aromatic carbocycles. The predicted molar refractivity (Wildman–Crippen MR) is 152 cm³/mol. The maximum absolute atomic E-state index is 6.20. The molecule has 6 rings (SSSR count). The van der Waals surface area contributed by atoms with Crippen LogP contribution in [0.15, 0.2) is 30.6 Å². The topological polar surface area (TPSA) is 75.6 Å². The van der Waals surface area contributed by atoms with E-state index in [1.54, 1.807) is 7.11 Å². The number of piperidine rings is 1. The van der Waals surface area contributed by atoms with E-state index in [2.05, 4.69) is 32.2 Å². The Hall–Kier alpha value is -3.13. The molecule has 8 heteroatoms. The van der Waals surface area contributed by atoms with Crippen molar-refractivity contribution in [3.63, 3.8) is 0 Å². The van der Waals surface area contributed by atoms with Gasteiger partial charge in [0.15, 0.2) is 5.75 Å². The molecule has 38 heavy (non-hydrogen) atoms. The number of aromatic nitrogens is 3. The van der Waals surface area contributed by atoms with Gasteiger partial charge in [0.1, 0.15) is 5.52 Å². The molecule has 0 amide bonds. The Labute approximate surface area is 225 Å². The molecule has 2 saturated heterocycles. The number of nitrogens with one attached hydrogen (secondary N) is 1. The maximum atomic E-state index is 6.20. The van der Waals surface area contributed by atoms with Crippen LogP contribution in [0.2, 0.25) is 0 Å². The smallest absolute Gasteiger partial charge is 0.257 e. The summed E-state index contributed by atoms with van der Waals surface area (Å²) in [5, 5.41) is 3.93. The Morgan fingerprint density at radius 3 is 2.55 bits per heavy atom. The second-order valence-corrected chi connectivity index (χ2v) is 10.8. The van der Waals surface area contributed by atoms with E-state index in [4.69, 9.17) is 19.4 Å². The first-order valence-corrected chi connectivity index (χ1v) is 14.5. The summed E-state index contributed by atoms with van der Waals surface area (Å²) < 4.78 is 11.9. The van der Waals surface area contributed by atoms with Gasteiger partial charge in [0.05, 0.1) is 24.9 Å². The molecule has 1 aliphatic carbocycles. The predicted octanol–water partition coefficient (Wildman–Crippen LogP) is 4.86. The maximum Gasteiger partial charge on any atom is 0.257 e. The number of anilines is 2. The summed E-state index contributed by atoms with van der Waals surface area (Å²) in [6.07, 6.45) is 14.0. The number of ether oxygens (including phenoxy) is 2. The summed E-state index contributed by atoms with van der Waals surface area (Å²) in [7, 11) is 1.68. The zero-order chi connectivity index (χ0) is 25.7. The van der Waals surface area contributed by atoms with Crippen LogP contribution in [0, 0.1) is 0 Å². The third-order valence-electron chi connectivity index (χ3n) is 8.31. The molecule has 0 spiro atoms. The van der Waals surface area contributed by atoms with E-state index < -0.39 is 0 Å². The molecule has 0 unspecified atom stereocenters. The fraction of sp³-hybridized carbons (Fsp3) is 0.567. The first-order valence-electron chi connectivity index (χ1n) is 14.5. The standard InChI is InChI=1S/C30H40N6O2/c1-37-30-27(38-20-6-17-35-15-4-5-16-35)21-26-29(34-30)28(24-7-2-3-8-25(24)33-26)32-22-11-18-36(19-12-22)23-9-13-31-14-10-23/h9-10,13-14,21-22H,2-8,11-12,15-20H2,1H3,(H,32,33). The molecule has 0 radical (unpaired) electrons. The van der Waals surface area contributed by atoms with Crippen molar-refractivity contribution in [2.75, 3.05) is 56.7 Å².